The molecule has 60 valence electrons. The Morgan fingerprint density at radius 2 is 2.10 bits per heavy atom. The molecule has 0 bridgehead atoms. The quantitative estimate of drug-likeness (QED) is 0.455. The Balaban J connectivity index is 3.29. The third-order valence-electron chi connectivity index (χ3n) is 0.956. The standard InChI is InChI=1S/C5H9F2NO2/c1-5(6,7)3-2-4-8(9)10/h2-4H2,1H3. The van der Waals surface area contributed by atoms with Gasteiger partial charge in [-0.25, -0.2) is 8.78 Å². The predicted molar refractivity (Wildman–Crippen MR) is 31.7 cm³/mol. The van der Waals surface area contributed by atoms with Gasteiger partial charge in [0.1, 0.15) is 0 Å². The molecular formula is C5H9F2NO2. The highest BCUT2D eigenvalue weighted by atomic mass is 19.3. The number of nitrogens with zero attached hydrogens (tertiary/aromatic N) is 1. The number of alkyl halides is 2. The molecule has 0 spiro atoms. The fraction of sp³-hybridized carbons (Fsp3) is 1.00. The summed E-state index contributed by atoms with van der Waals surface area (Å²) < 4.78 is 23.9. The molecule has 0 aromatic heterocycles. The topological polar surface area (TPSA) is 43.1 Å². The highest BCUT2D eigenvalue weighted by Gasteiger charge is 2.20. The minimum atomic E-state index is -2.77. The third kappa shape index (κ3) is 7.26. The van der Waals surface area contributed by atoms with Gasteiger partial charge in [0, 0.05) is 17.8 Å². The Kier molecular flexibility index (Phi) is 3.18. The summed E-state index contributed by atoms with van der Waals surface area (Å²) in [7, 11) is 0. The highest BCUT2D eigenvalue weighted by molar-refractivity contribution is 4.56. The van der Waals surface area contributed by atoms with Crippen LogP contribution < -0.4 is 0 Å². The van der Waals surface area contributed by atoms with Crippen molar-refractivity contribution in [2.45, 2.75) is 25.7 Å². The number of hydrogen-bond donors (Lipinski definition) is 0. The van der Waals surface area contributed by atoms with E-state index in [0.29, 0.717) is 0 Å². The first-order chi connectivity index (χ1) is 4.42. The summed E-state index contributed by atoms with van der Waals surface area (Å²) in [5.74, 6) is -2.77. The van der Waals surface area contributed by atoms with Crippen molar-refractivity contribution in [2.24, 2.45) is 0 Å². The van der Waals surface area contributed by atoms with Crippen molar-refractivity contribution in [2.75, 3.05) is 6.54 Å². The van der Waals surface area contributed by atoms with Gasteiger partial charge < -0.3 is 0 Å². The lowest BCUT2D eigenvalue weighted by atomic mass is 10.2. The van der Waals surface area contributed by atoms with Crippen molar-refractivity contribution in [3.63, 3.8) is 0 Å². The monoisotopic (exact) mass is 153 g/mol. The molecule has 0 saturated carbocycles. The first-order valence-electron chi connectivity index (χ1n) is 2.91. The molecule has 3 nitrogen and oxygen atoms in total. The van der Waals surface area contributed by atoms with Gasteiger partial charge >= 0.3 is 0 Å². The second-order valence-corrected chi connectivity index (χ2v) is 2.23. The minimum Gasteiger partial charge on any atom is -0.265 e. The van der Waals surface area contributed by atoms with Gasteiger partial charge in [0.15, 0.2) is 0 Å². The first-order valence-corrected chi connectivity index (χ1v) is 2.91. The van der Waals surface area contributed by atoms with E-state index in [9.17, 15) is 18.9 Å². The minimum absolute atomic E-state index is 0.0590. The summed E-state index contributed by atoms with van der Waals surface area (Å²) in [6.07, 6.45) is -0.468. The van der Waals surface area contributed by atoms with Crippen LogP contribution in [-0.4, -0.2) is 17.4 Å². The molecule has 5 heteroatoms. The summed E-state index contributed by atoms with van der Waals surface area (Å²) in [5.41, 5.74) is 0. The zero-order valence-electron chi connectivity index (χ0n) is 5.64. The molecule has 0 heterocycles. The van der Waals surface area contributed by atoms with Crippen molar-refractivity contribution in [3.05, 3.63) is 10.1 Å². The maximum atomic E-state index is 12.0. The lowest BCUT2D eigenvalue weighted by molar-refractivity contribution is -0.481. The van der Waals surface area contributed by atoms with Gasteiger partial charge in [0.05, 0.1) is 0 Å². The molecule has 0 fully saturated rings. The van der Waals surface area contributed by atoms with Gasteiger partial charge in [0.2, 0.25) is 12.5 Å². The molecule has 10 heavy (non-hydrogen) atoms. The SMILES string of the molecule is CC(F)(F)CCC[N+](=O)[O-]. The number of nitro groups is 1. The van der Waals surface area contributed by atoms with Crippen LogP contribution in [0.3, 0.4) is 0 Å². The van der Waals surface area contributed by atoms with Crippen LogP contribution in [-0.2, 0) is 0 Å². The van der Waals surface area contributed by atoms with Gasteiger partial charge in [-0.1, -0.05) is 0 Å². The average Bonchev–Trinajstić information content (AvgIpc) is 1.59. The van der Waals surface area contributed by atoms with Crippen LogP contribution in [0.5, 0.6) is 0 Å². The second kappa shape index (κ2) is 3.43. The van der Waals surface area contributed by atoms with Gasteiger partial charge in [-0.3, -0.25) is 10.1 Å². The van der Waals surface area contributed by atoms with Gasteiger partial charge in [-0.05, 0) is 6.92 Å². The molecule has 0 radical (unpaired) electrons. The molecule has 0 N–H and O–H groups in total. The van der Waals surface area contributed by atoms with E-state index in [1.807, 2.05) is 0 Å². The Morgan fingerprint density at radius 3 is 2.40 bits per heavy atom. The fourth-order valence-corrected chi connectivity index (χ4v) is 0.519. The zero-order valence-corrected chi connectivity index (χ0v) is 5.64. The molecule has 0 aliphatic heterocycles. The van der Waals surface area contributed by atoms with E-state index in [1.54, 1.807) is 0 Å². The van der Waals surface area contributed by atoms with E-state index < -0.39 is 17.3 Å². The average molecular weight is 153 g/mol. The maximum absolute atomic E-state index is 12.0. The second-order valence-electron chi connectivity index (χ2n) is 2.23. The van der Waals surface area contributed by atoms with Gasteiger partial charge in [-0.2, -0.15) is 0 Å². The van der Waals surface area contributed by atoms with Crippen LogP contribution in [0.25, 0.3) is 0 Å². The van der Waals surface area contributed by atoms with Crippen molar-refractivity contribution >= 4 is 0 Å². The molecule has 0 aliphatic rings. The maximum Gasteiger partial charge on any atom is 0.245 e. The van der Waals surface area contributed by atoms with Gasteiger partial charge in [-0.15, -0.1) is 0 Å². The number of halogens is 2. The van der Waals surface area contributed by atoms with E-state index in [0.717, 1.165) is 6.92 Å². The molecule has 0 unspecified atom stereocenters. The summed E-state index contributed by atoms with van der Waals surface area (Å²) in [6.45, 7) is 0.385. The largest absolute Gasteiger partial charge is 0.265 e. The van der Waals surface area contributed by atoms with E-state index in [4.69, 9.17) is 0 Å². The normalized spacial score (nSPS) is 11.5. The van der Waals surface area contributed by atoms with E-state index in [1.165, 1.54) is 0 Å². The molecule has 0 saturated heterocycles. The summed E-state index contributed by atoms with van der Waals surface area (Å²) in [5, 5.41) is 9.65. The van der Waals surface area contributed by atoms with Crippen molar-refractivity contribution in [1.82, 2.24) is 0 Å². The van der Waals surface area contributed by atoms with Crippen molar-refractivity contribution < 1.29 is 13.7 Å². The number of hydrogen-bond acceptors (Lipinski definition) is 2. The molecule has 0 aromatic rings. The smallest absolute Gasteiger partial charge is 0.245 e. The molecule has 0 aliphatic carbocycles. The van der Waals surface area contributed by atoms with E-state index in [2.05, 4.69) is 0 Å². The van der Waals surface area contributed by atoms with E-state index in [-0.39, 0.29) is 13.0 Å². The Bertz CT molecular complexity index is 121. The summed E-state index contributed by atoms with van der Waals surface area (Å²) in [6, 6.07) is 0. The van der Waals surface area contributed by atoms with Crippen LogP contribution in [0.2, 0.25) is 0 Å². The third-order valence-corrected chi connectivity index (χ3v) is 0.956. The van der Waals surface area contributed by atoms with E-state index >= 15 is 0 Å². The fourth-order valence-electron chi connectivity index (χ4n) is 0.519. The summed E-state index contributed by atoms with van der Waals surface area (Å²) >= 11 is 0. The molecule has 0 atom stereocenters. The summed E-state index contributed by atoms with van der Waals surface area (Å²) in [4.78, 5) is 9.05. The lowest BCUT2D eigenvalue weighted by Gasteiger charge is -2.06. The highest BCUT2D eigenvalue weighted by Crippen LogP contribution is 2.17. The Morgan fingerprint density at radius 1 is 1.60 bits per heavy atom. The van der Waals surface area contributed by atoms with Crippen LogP contribution in [0.15, 0.2) is 0 Å². The molecule has 0 amide bonds. The van der Waals surface area contributed by atoms with Crippen LogP contribution in [0, 0.1) is 10.1 Å². The van der Waals surface area contributed by atoms with Gasteiger partial charge in [0.25, 0.3) is 0 Å². The molecule has 0 rings (SSSR count). The molecule has 0 aromatic carbocycles. The van der Waals surface area contributed by atoms with Crippen LogP contribution in [0.4, 0.5) is 8.78 Å². The predicted octanol–water partition coefficient (Wildman–Crippen LogP) is 1.70. The number of rotatable bonds is 4. The van der Waals surface area contributed by atoms with Crippen molar-refractivity contribution in [1.29, 1.82) is 0 Å². The van der Waals surface area contributed by atoms with Crippen molar-refractivity contribution in [3.8, 4) is 0 Å². The zero-order chi connectivity index (χ0) is 8.20. The Hall–Kier alpha value is -0.740. The molecular weight excluding hydrogens is 144 g/mol. The first kappa shape index (κ1) is 9.26. The van der Waals surface area contributed by atoms with Crippen LogP contribution in [0.1, 0.15) is 19.8 Å². The van der Waals surface area contributed by atoms with Crippen LogP contribution >= 0.6 is 0 Å². The Labute approximate surface area is 57.2 Å². The lowest BCUT2D eigenvalue weighted by Crippen LogP contribution is -2.12.